The molecule has 4 aromatic carbocycles. The number of halogens is 8. The number of esters is 2. The Balaban J connectivity index is 0.890. The summed E-state index contributed by atoms with van der Waals surface area (Å²) in [5.41, 5.74) is 1.14. The quantitative estimate of drug-likeness (QED) is 0.0720. The molecule has 1 atom stereocenters. The maximum absolute atomic E-state index is 14.8. The van der Waals surface area contributed by atoms with Crippen LogP contribution in [0.2, 0.25) is 0 Å². The van der Waals surface area contributed by atoms with Gasteiger partial charge in [0.25, 0.3) is 11.8 Å². The summed E-state index contributed by atoms with van der Waals surface area (Å²) >= 11 is 0. The first-order chi connectivity index (χ1) is 33.0. The van der Waals surface area contributed by atoms with E-state index in [1.54, 1.807) is 57.2 Å². The van der Waals surface area contributed by atoms with Gasteiger partial charge in [0.15, 0.2) is 0 Å². The molecule has 2 amide bonds. The smallest absolute Gasteiger partial charge is 0.386 e. The molecule has 0 bridgehead atoms. The van der Waals surface area contributed by atoms with Gasteiger partial charge in [-0.1, -0.05) is 48.5 Å². The summed E-state index contributed by atoms with van der Waals surface area (Å²) in [6, 6.07) is 31.4. The minimum absolute atomic E-state index is 0.0101. The number of carbonyl (C=O) groups excluding carboxylic acids is 4. The summed E-state index contributed by atoms with van der Waals surface area (Å²) in [6.45, 7) is 5.03. The van der Waals surface area contributed by atoms with E-state index < -0.39 is 70.4 Å². The zero-order valence-corrected chi connectivity index (χ0v) is 37.3. The van der Waals surface area contributed by atoms with E-state index in [0.717, 1.165) is 36.4 Å². The fraction of sp³-hybridized carbons (Fsp3) is 0.170. The van der Waals surface area contributed by atoms with Crippen molar-refractivity contribution in [3.8, 4) is 0 Å². The van der Waals surface area contributed by atoms with E-state index in [2.05, 4.69) is 10.6 Å². The predicted molar refractivity (Wildman–Crippen MR) is 242 cm³/mol. The topological polar surface area (TPSA) is 110 Å². The van der Waals surface area contributed by atoms with Crippen molar-refractivity contribution in [2.24, 2.45) is 0 Å². The van der Waals surface area contributed by atoms with Crippen LogP contribution in [0.15, 0.2) is 146 Å². The Kier molecular flexibility index (Phi) is 13.0. The summed E-state index contributed by atoms with van der Waals surface area (Å²) in [6.07, 6.45) is -8.70. The first-order valence-electron chi connectivity index (χ1n) is 21.6. The van der Waals surface area contributed by atoms with Crippen LogP contribution in [0.5, 0.6) is 0 Å². The Hall–Kier alpha value is -8.08. The van der Waals surface area contributed by atoms with Gasteiger partial charge in [0.2, 0.25) is 0 Å². The molecule has 4 heterocycles. The molecule has 0 unspecified atom stereocenters. The lowest BCUT2D eigenvalue weighted by Gasteiger charge is -2.27. The summed E-state index contributed by atoms with van der Waals surface area (Å²) in [5, 5.41) is 5.69. The molecule has 2 N–H and O–H groups in total. The molecule has 9 nitrogen and oxygen atoms in total. The molecule has 0 aliphatic rings. The number of nitrogens with zero attached hydrogens (tertiary/aromatic N) is 2. The normalized spacial score (nSPS) is 12.5. The standard InChI is InChI=1S/C53H40F8N4O5/c1-30(62-47(66)45-28-39(54)26-43-22-20-41(64(43)45)24-31-4-14-37(15-5-31)52(56,57)58)33-8-10-34(11-9-33)49(68)70-50(69)35-12-18-36(19-13-35)51(2,3)63-48(67)46-29-40(55)27-44-23-21-42(65(44)46)25-32-6-16-38(17-7-32)53(59,60)61/h4-23,26-30H,24-25H2,1-3H3,(H,62,66)(H,63,67)/t30-/m0/s1. The van der Waals surface area contributed by atoms with Crippen LogP contribution in [0.3, 0.4) is 0 Å². The van der Waals surface area contributed by atoms with E-state index in [9.17, 15) is 54.3 Å². The van der Waals surface area contributed by atoms with Gasteiger partial charge in [-0.05, 0) is 128 Å². The molecule has 8 rings (SSSR count). The molecule has 0 aliphatic carbocycles. The Morgan fingerprint density at radius 3 is 1.36 bits per heavy atom. The van der Waals surface area contributed by atoms with Gasteiger partial charge in [-0.3, -0.25) is 9.59 Å². The van der Waals surface area contributed by atoms with Crippen molar-refractivity contribution in [2.45, 2.75) is 57.5 Å². The van der Waals surface area contributed by atoms with Gasteiger partial charge in [0, 0.05) is 47.4 Å². The Morgan fingerprint density at radius 1 is 0.529 bits per heavy atom. The largest absolute Gasteiger partial charge is 0.416 e. The maximum Gasteiger partial charge on any atom is 0.416 e. The number of nitrogens with one attached hydrogen (secondary N) is 2. The highest BCUT2D eigenvalue weighted by Gasteiger charge is 2.32. The molecule has 0 aliphatic heterocycles. The number of rotatable bonds is 12. The van der Waals surface area contributed by atoms with Crippen LogP contribution in [0, 0.1) is 11.6 Å². The predicted octanol–water partition coefficient (Wildman–Crippen LogP) is 11.8. The molecular weight excluding hydrogens is 925 g/mol. The number of benzene rings is 4. The number of ether oxygens (including phenoxy) is 1. The lowest BCUT2D eigenvalue weighted by atomic mass is 9.93. The Morgan fingerprint density at radius 2 is 0.929 bits per heavy atom. The number of fused-ring (bicyclic) bond motifs is 2. The van der Waals surface area contributed by atoms with Gasteiger partial charge in [-0.25, -0.2) is 18.4 Å². The van der Waals surface area contributed by atoms with Crippen LogP contribution >= 0.6 is 0 Å². The lowest BCUT2D eigenvalue weighted by molar-refractivity contribution is -0.138. The van der Waals surface area contributed by atoms with E-state index in [4.69, 9.17) is 4.74 Å². The van der Waals surface area contributed by atoms with Gasteiger partial charge in [-0.15, -0.1) is 0 Å². The second-order valence-electron chi connectivity index (χ2n) is 17.2. The average Bonchev–Trinajstić information content (AvgIpc) is 3.90. The maximum atomic E-state index is 14.8. The SMILES string of the molecule is C[C@H](NC(=O)c1cc(F)cc2ccc(Cc3ccc(C(F)(F)F)cc3)n12)c1ccc(C(=O)OC(=O)c2ccc(C(C)(C)NC(=O)c3cc(F)cc4ccc(Cc5ccc(C(F)(F)F)cc5)n34)cc2)cc1. The summed E-state index contributed by atoms with van der Waals surface area (Å²) in [7, 11) is 0. The first kappa shape index (κ1) is 48.4. The van der Waals surface area contributed by atoms with E-state index in [1.807, 2.05) is 0 Å². The van der Waals surface area contributed by atoms with Crippen LogP contribution < -0.4 is 10.6 Å². The highest BCUT2D eigenvalue weighted by atomic mass is 19.4. The molecule has 4 aromatic heterocycles. The molecule has 0 radical (unpaired) electrons. The third-order valence-electron chi connectivity index (χ3n) is 11.8. The molecule has 70 heavy (non-hydrogen) atoms. The van der Waals surface area contributed by atoms with E-state index in [1.165, 1.54) is 81.6 Å². The second-order valence-corrected chi connectivity index (χ2v) is 17.2. The Bertz CT molecular complexity index is 3280. The van der Waals surface area contributed by atoms with E-state index >= 15 is 0 Å². The summed E-state index contributed by atoms with van der Waals surface area (Å²) in [5.74, 6) is -4.61. The molecule has 0 saturated heterocycles. The number of aromatic nitrogens is 2. The van der Waals surface area contributed by atoms with E-state index in [-0.39, 0.29) is 35.4 Å². The summed E-state index contributed by atoms with van der Waals surface area (Å²) in [4.78, 5) is 53.6. The van der Waals surface area contributed by atoms with Crippen molar-refractivity contribution < 1.29 is 59.0 Å². The highest BCUT2D eigenvalue weighted by Crippen LogP contribution is 2.32. The Labute approximate surface area is 394 Å². The number of hydrogen-bond acceptors (Lipinski definition) is 5. The number of carbonyl (C=O) groups is 4. The fourth-order valence-corrected chi connectivity index (χ4v) is 8.12. The zero-order valence-electron chi connectivity index (χ0n) is 37.3. The van der Waals surface area contributed by atoms with Crippen LogP contribution in [-0.4, -0.2) is 32.6 Å². The summed E-state index contributed by atoms with van der Waals surface area (Å²) < 4.78 is 116. The second kappa shape index (κ2) is 18.8. The van der Waals surface area contributed by atoms with Crippen LogP contribution in [0.1, 0.15) is 113 Å². The third kappa shape index (κ3) is 10.5. The van der Waals surface area contributed by atoms with Crippen LogP contribution in [-0.2, 0) is 35.5 Å². The number of alkyl halides is 6. The molecular formula is C53H40F8N4O5. The minimum atomic E-state index is -4.50. The van der Waals surface area contributed by atoms with E-state index in [0.29, 0.717) is 44.7 Å². The number of amides is 2. The van der Waals surface area contributed by atoms with Crippen molar-refractivity contribution >= 4 is 34.8 Å². The number of hydrogen-bond donors (Lipinski definition) is 2. The van der Waals surface area contributed by atoms with Crippen molar-refractivity contribution in [2.75, 3.05) is 0 Å². The zero-order chi connectivity index (χ0) is 50.3. The lowest BCUT2D eigenvalue weighted by Crippen LogP contribution is -2.41. The fourth-order valence-electron chi connectivity index (χ4n) is 8.12. The van der Waals surface area contributed by atoms with Crippen molar-refractivity contribution in [1.82, 2.24) is 19.4 Å². The van der Waals surface area contributed by atoms with Gasteiger partial charge < -0.3 is 24.2 Å². The van der Waals surface area contributed by atoms with Crippen LogP contribution in [0.4, 0.5) is 35.1 Å². The molecule has 0 fully saturated rings. The molecule has 0 saturated carbocycles. The molecule has 358 valence electrons. The molecule has 17 heteroatoms. The number of pyridine rings is 2. The van der Waals surface area contributed by atoms with Crippen molar-refractivity contribution in [1.29, 1.82) is 0 Å². The van der Waals surface area contributed by atoms with Crippen molar-refractivity contribution in [3.05, 3.63) is 225 Å². The van der Waals surface area contributed by atoms with Gasteiger partial charge in [-0.2, -0.15) is 26.3 Å². The van der Waals surface area contributed by atoms with Crippen LogP contribution in [0.25, 0.3) is 11.0 Å². The third-order valence-corrected chi connectivity index (χ3v) is 11.8. The monoisotopic (exact) mass is 964 g/mol. The molecule has 0 spiro atoms. The average molecular weight is 965 g/mol. The first-order valence-corrected chi connectivity index (χ1v) is 21.6. The minimum Gasteiger partial charge on any atom is -0.386 e. The van der Waals surface area contributed by atoms with Gasteiger partial charge >= 0.3 is 24.3 Å². The van der Waals surface area contributed by atoms with Crippen molar-refractivity contribution in [3.63, 3.8) is 0 Å². The van der Waals surface area contributed by atoms with Gasteiger partial charge in [0.05, 0.1) is 33.8 Å². The molecule has 8 aromatic rings. The van der Waals surface area contributed by atoms with Gasteiger partial charge in [0.1, 0.15) is 23.0 Å². The highest BCUT2D eigenvalue weighted by molar-refractivity contribution is 6.02.